The number of carboxylic acids is 1. The lowest BCUT2D eigenvalue weighted by atomic mass is 9.84. The molecule has 2 N–H and O–H groups in total. The predicted molar refractivity (Wildman–Crippen MR) is 84.6 cm³/mol. The number of hydrogen-bond acceptors (Lipinski definition) is 3. The maximum Gasteiger partial charge on any atom is 0.317 e. The van der Waals surface area contributed by atoms with Gasteiger partial charge in [-0.3, -0.25) is 4.79 Å². The second-order valence-electron chi connectivity index (χ2n) is 6.15. The van der Waals surface area contributed by atoms with Crippen LogP contribution in [0, 0.1) is 5.41 Å². The summed E-state index contributed by atoms with van der Waals surface area (Å²) in [6, 6.07) is 0.168. The van der Waals surface area contributed by atoms with E-state index in [0.29, 0.717) is 31.2 Å². The zero-order chi connectivity index (χ0) is 15.5. The Hall–Kier alpha value is -0.910. The molecule has 1 saturated carbocycles. The van der Waals surface area contributed by atoms with Gasteiger partial charge in [0.05, 0.1) is 5.41 Å². The average Bonchev–Trinajstić information content (AvgIpc) is 3.06. The van der Waals surface area contributed by atoms with Gasteiger partial charge in [0.15, 0.2) is 0 Å². The van der Waals surface area contributed by atoms with Gasteiger partial charge in [-0.1, -0.05) is 13.8 Å². The van der Waals surface area contributed by atoms with Crippen LogP contribution in [-0.4, -0.2) is 52.1 Å². The first-order chi connectivity index (χ1) is 10.0. The van der Waals surface area contributed by atoms with E-state index in [0.717, 1.165) is 25.0 Å². The van der Waals surface area contributed by atoms with Gasteiger partial charge in [0.1, 0.15) is 0 Å². The molecule has 3 atom stereocenters. The highest BCUT2D eigenvalue weighted by Gasteiger charge is 2.45. The van der Waals surface area contributed by atoms with Crippen LogP contribution in [0.15, 0.2) is 0 Å². The van der Waals surface area contributed by atoms with E-state index in [9.17, 15) is 14.7 Å². The van der Waals surface area contributed by atoms with Crippen LogP contribution >= 0.6 is 11.8 Å². The third-order valence-electron chi connectivity index (χ3n) is 4.89. The quantitative estimate of drug-likeness (QED) is 0.818. The number of nitrogens with one attached hydrogen (secondary N) is 1. The van der Waals surface area contributed by atoms with Gasteiger partial charge in [0.25, 0.3) is 0 Å². The van der Waals surface area contributed by atoms with Gasteiger partial charge in [0.2, 0.25) is 0 Å². The Morgan fingerprint density at radius 3 is 2.71 bits per heavy atom. The zero-order valence-electron chi connectivity index (χ0n) is 12.9. The van der Waals surface area contributed by atoms with E-state index in [1.807, 2.05) is 18.7 Å². The Bertz CT molecular complexity index is 404. The van der Waals surface area contributed by atoms with Gasteiger partial charge in [-0.25, -0.2) is 4.79 Å². The normalized spacial score (nSPS) is 32.4. The summed E-state index contributed by atoms with van der Waals surface area (Å²) < 4.78 is 0. The van der Waals surface area contributed by atoms with Gasteiger partial charge in [-0.2, -0.15) is 11.8 Å². The smallest absolute Gasteiger partial charge is 0.317 e. The van der Waals surface area contributed by atoms with Crippen molar-refractivity contribution in [2.75, 3.05) is 18.8 Å². The van der Waals surface area contributed by atoms with Crippen molar-refractivity contribution in [1.82, 2.24) is 10.2 Å². The largest absolute Gasteiger partial charge is 0.481 e. The van der Waals surface area contributed by atoms with Crippen molar-refractivity contribution in [3.8, 4) is 0 Å². The lowest BCUT2D eigenvalue weighted by Crippen LogP contribution is -2.44. The van der Waals surface area contributed by atoms with Crippen LogP contribution in [0.25, 0.3) is 0 Å². The Morgan fingerprint density at radius 1 is 1.38 bits per heavy atom. The third-order valence-corrected chi connectivity index (χ3v) is 6.12. The monoisotopic (exact) mass is 314 g/mol. The molecule has 2 aliphatic rings. The van der Waals surface area contributed by atoms with Crippen LogP contribution in [0.4, 0.5) is 4.79 Å². The molecule has 2 amide bonds. The molecule has 0 aromatic rings. The highest BCUT2D eigenvalue weighted by molar-refractivity contribution is 7.99. The molecule has 1 aliphatic heterocycles. The molecule has 0 radical (unpaired) electrons. The van der Waals surface area contributed by atoms with E-state index in [1.165, 1.54) is 0 Å². The summed E-state index contributed by atoms with van der Waals surface area (Å²) in [6.45, 7) is 4.94. The van der Waals surface area contributed by atoms with Crippen LogP contribution in [0.1, 0.15) is 46.0 Å². The summed E-state index contributed by atoms with van der Waals surface area (Å²) in [5.41, 5.74) is -0.742. The Labute approximate surface area is 130 Å². The van der Waals surface area contributed by atoms with E-state index in [1.54, 1.807) is 4.90 Å². The number of rotatable bonds is 5. The molecule has 5 nitrogen and oxygen atoms in total. The Kier molecular flexibility index (Phi) is 5.41. The lowest BCUT2D eigenvalue weighted by Gasteiger charge is -2.24. The van der Waals surface area contributed by atoms with Crippen LogP contribution in [0.5, 0.6) is 0 Å². The first-order valence-corrected chi connectivity index (χ1v) is 8.96. The number of carbonyl (C=O) groups excluding carboxylic acids is 1. The summed E-state index contributed by atoms with van der Waals surface area (Å²) >= 11 is 1.97. The molecule has 0 spiro atoms. The van der Waals surface area contributed by atoms with Gasteiger partial charge in [-0.15, -0.1) is 0 Å². The third kappa shape index (κ3) is 3.65. The highest BCUT2D eigenvalue weighted by Crippen LogP contribution is 2.35. The number of urea groups is 1. The number of likely N-dealkylation sites (tertiary alicyclic amines) is 1. The van der Waals surface area contributed by atoms with Crippen molar-refractivity contribution in [2.24, 2.45) is 5.41 Å². The molecule has 0 bridgehead atoms. The topological polar surface area (TPSA) is 69.6 Å². The fourth-order valence-electron chi connectivity index (χ4n) is 3.38. The van der Waals surface area contributed by atoms with Gasteiger partial charge >= 0.3 is 12.0 Å². The van der Waals surface area contributed by atoms with Crippen molar-refractivity contribution < 1.29 is 14.7 Å². The SMILES string of the molecule is CCSC1CCC(NC(=O)N2CCC(CC)(C(=O)O)C2)C1. The molecule has 2 rings (SSSR count). The van der Waals surface area contributed by atoms with Crippen molar-refractivity contribution in [1.29, 1.82) is 0 Å². The molecule has 1 heterocycles. The second-order valence-corrected chi connectivity index (χ2v) is 7.72. The molecule has 0 aromatic carbocycles. The summed E-state index contributed by atoms with van der Waals surface area (Å²) in [5, 5.41) is 13.1. The molecule has 3 unspecified atom stereocenters. The van der Waals surface area contributed by atoms with Gasteiger partial charge in [0, 0.05) is 24.4 Å². The molecular weight excluding hydrogens is 288 g/mol. The second kappa shape index (κ2) is 6.90. The minimum atomic E-state index is -0.777. The van der Waals surface area contributed by atoms with Gasteiger partial charge in [-0.05, 0) is 37.9 Å². The molecular formula is C15H26N2O3S. The molecule has 120 valence electrons. The Morgan fingerprint density at radius 2 is 2.14 bits per heavy atom. The van der Waals surface area contributed by atoms with Crippen LogP contribution in [0.2, 0.25) is 0 Å². The molecule has 1 saturated heterocycles. The fraction of sp³-hybridized carbons (Fsp3) is 0.867. The lowest BCUT2D eigenvalue weighted by molar-refractivity contribution is -0.148. The zero-order valence-corrected chi connectivity index (χ0v) is 13.7. The molecule has 1 aliphatic carbocycles. The van der Waals surface area contributed by atoms with E-state index in [-0.39, 0.29) is 12.1 Å². The van der Waals surface area contributed by atoms with Crippen molar-refractivity contribution in [3.05, 3.63) is 0 Å². The summed E-state index contributed by atoms with van der Waals surface area (Å²) in [4.78, 5) is 25.4. The maximum atomic E-state index is 12.3. The van der Waals surface area contributed by atoms with E-state index >= 15 is 0 Å². The van der Waals surface area contributed by atoms with Crippen molar-refractivity contribution in [3.63, 3.8) is 0 Å². The van der Waals surface area contributed by atoms with Crippen molar-refractivity contribution >= 4 is 23.8 Å². The predicted octanol–water partition coefficient (Wildman–Crippen LogP) is 2.56. The Balaban J connectivity index is 1.84. The first-order valence-electron chi connectivity index (χ1n) is 7.91. The minimum absolute atomic E-state index is 0.0845. The number of nitrogens with zero attached hydrogens (tertiary/aromatic N) is 1. The summed E-state index contributed by atoms with van der Waals surface area (Å²) in [7, 11) is 0. The summed E-state index contributed by atoms with van der Waals surface area (Å²) in [6.07, 6.45) is 4.37. The number of amides is 2. The van der Waals surface area contributed by atoms with Crippen LogP contribution in [-0.2, 0) is 4.79 Å². The van der Waals surface area contributed by atoms with E-state index in [4.69, 9.17) is 0 Å². The van der Waals surface area contributed by atoms with E-state index < -0.39 is 11.4 Å². The number of aliphatic carboxylic acids is 1. The molecule has 6 heteroatoms. The molecule has 21 heavy (non-hydrogen) atoms. The minimum Gasteiger partial charge on any atom is -0.481 e. The first kappa shape index (κ1) is 16.5. The number of carbonyl (C=O) groups is 2. The molecule has 0 aromatic heterocycles. The molecule has 2 fully saturated rings. The summed E-state index contributed by atoms with van der Waals surface area (Å²) in [5.74, 6) is 0.343. The standard InChI is InChI=1S/C15H26N2O3S/c1-3-15(13(18)19)7-8-17(10-15)14(20)16-11-5-6-12(9-11)21-4-2/h11-12H,3-10H2,1-2H3,(H,16,20)(H,18,19). The number of carboxylic acid groups (broad SMARTS) is 1. The highest BCUT2D eigenvalue weighted by atomic mass is 32.2. The number of hydrogen-bond donors (Lipinski definition) is 2. The van der Waals surface area contributed by atoms with E-state index in [2.05, 4.69) is 12.2 Å². The fourth-order valence-corrected chi connectivity index (χ4v) is 4.53. The van der Waals surface area contributed by atoms with Crippen LogP contribution < -0.4 is 5.32 Å². The maximum absolute atomic E-state index is 12.3. The average molecular weight is 314 g/mol. The van der Waals surface area contributed by atoms with Crippen molar-refractivity contribution in [2.45, 2.75) is 57.2 Å². The number of thioether (sulfide) groups is 1. The van der Waals surface area contributed by atoms with Crippen LogP contribution in [0.3, 0.4) is 0 Å². The van der Waals surface area contributed by atoms with Gasteiger partial charge < -0.3 is 15.3 Å².